The van der Waals surface area contributed by atoms with E-state index in [2.05, 4.69) is 34.9 Å². The molecular formula is C14H27N3OS. The highest BCUT2D eigenvalue weighted by molar-refractivity contribution is 7.99. The summed E-state index contributed by atoms with van der Waals surface area (Å²) in [4.78, 5) is 4.56. The number of nitrogens with zero attached hydrogens (tertiary/aromatic N) is 2. The molecule has 0 saturated heterocycles. The van der Waals surface area contributed by atoms with Crippen molar-refractivity contribution in [1.29, 1.82) is 0 Å². The molecule has 1 N–H and O–H groups in total. The molecule has 4 nitrogen and oxygen atoms in total. The van der Waals surface area contributed by atoms with Gasteiger partial charge in [0.15, 0.2) is 0 Å². The van der Waals surface area contributed by atoms with Gasteiger partial charge >= 0.3 is 0 Å². The van der Waals surface area contributed by atoms with Crippen LogP contribution >= 0.6 is 11.8 Å². The van der Waals surface area contributed by atoms with Gasteiger partial charge in [-0.1, -0.05) is 6.92 Å². The van der Waals surface area contributed by atoms with Crippen LogP contribution in [0.2, 0.25) is 0 Å². The minimum atomic E-state index is 0.442. The number of nitrogens with one attached hydrogen (secondary N) is 1. The molecule has 1 unspecified atom stereocenters. The Morgan fingerprint density at radius 2 is 2.26 bits per heavy atom. The van der Waals surface area contributed by atoms with E-state index in [1.54, 1.807) is 0 Å². The highest BCUT2D eigenvalue weighted by Gasteiger charge is 2.08. The minimum Gasteiger partial charge on any atom is -0.382 e. The first kappa shape index (κ1) is 16.4. The molecule has 5 heteroatoms. The van der Waals surface area contributed by atoms with Crippen LogP contribution in [0.4, 0.5) is 5.95 Å². The van der Waals surface area contributed by atoms with Crippen LogP contribution in [0.3, 0.4) is 0 Å². The standard InChI is InChI=1S/C14H27N3OS/c1-5-18-9-7-8-17-10-12(3)15-14(17)16-13(4)11-19-6-2/h10,13H,5-9,11H2,1-4H3,(H,15,16). The van der Waals surface area contributed by atoms with Crippen molar-refractivity contribution >= 4 is 17.7 Å². The molecule has 1 atom stereocenters. The third-order valence-corrected chi connectivity index (χ3v) is 3.88. The maximum atomic E-state index is 5.38. The lowest BCUT2D eigenvalue weighted by Crippen LogP contribution is -2.21. The molecule has 0 amide bonds. The lowest BCUT2D eigenvalue weighted by molar-refractivity contribution is 0.142. The third-order valence-electron chi connectivity index (χ3n) is 2.74. The fourth-order valence-electron chi connectivity index (χ4n) is 1.87. The van der Waals surface area contributed by atoms with Crippen molar-refractivity contribution < 1.29 is 4.74 Å². The van der Waals surface area contributed by atoms with Crippen molar-refractivity contribution in [2.45, 2.75) is 46.7 Å². The molecule has 0 spiro atoms. The summed E-state index contributed by atoms with van der Waals surface area (Å²) in [6.45, 7) is 11.0. The summed E-state index contributed by atoms with van der Waals surface area (Å²) in [5.41, 5.74) is 1.06. The second kappa shape index (κ2) is 9.26. The van der Waals surface area contributed by atoms with Gasteiger partial charge in [-0.25, -0.2) is 4.98 Å². The molecule has 1 rings (SSSR count). The summed E-state index contributed by atoms with van der Waals surface area (Å²) < 4.78 is 7.57. The van der Waals surface area contributed by atoms with Gasteiger partial charge in [-0.15, -0.1) is 0 Å². The maximum absolute atomic E-state index is 5.38. The van der Waals surface area contributed by atoms with Crippen LogP contribution in [-0.2, 0) is 11.3 Å². The number of imidazole rings is 1. The summed E-state index contributed by atoms with van der Waals surface area (Å²) in [6, 6.07) is 0.442. The zero-order valence-corrected chi connectivity index (χ0v) is 13.4. The van der Waals surface area contributed by atoms with Crippen molar-refractivity contribution in [2.24, 2.45) is 0 Å². The fourth-order valence-corrected chi connectivity index (χ4v) is 2.54. The molecule has 0 fully saturated rings. The van der Waals surface area contributed by atoms with E-state index in [1.807, 2.05) is 25.6 Å². The molecule has 110 valence electrons. The average Bonchev–Trinajstić information content (AvgIpc) is 2.72. The molecule has 0 aromatic carbocycles. The lowest BCUT2D eigenvalue weighted by Gasteiger charge is -2.15. The maximum Gasteiger partial charge on any atom is 0.203 e. The monoisotopic (exact) mass is 285 g/mol. The van der Waals surface area contributed by atoms with Crippen molar-refractivity contribution in [3.8, 4) is 0 Å². The van der Waals surface area contributed by atoms with E-state index in [-0.39, 0.29) is 0 Å². The first-order valence-corrected chi connectivity index (χ1v) is 8.28. The SMILES string of the molecule is CCOCCCn1cc(C)nc1NC(C)CSCC. The number of anilines is 1. The molecule has 1 aromatic rings. The number of ether oxygens (including phenoxy) is 1. The molecule has 0 saturated carbocycles. The highest BCUT2D eigenvalue weighted by Crippen LogP contribution is 2.12. The Kier molecular flexibility index (Phi) is 7.98. The highest BCUT2D eigenvalue weighted by atomic mass is 32.2. The van der Waals surface area contributed by atoms with E-state index in [4.69, 9.17) is 4.74 Å². The Balaban J connectivity index is 2.47. The van der Waals surface area contributed by atoms with E-state index in [0.717, 1.165) is 49.3 Å². The zero-order chi connectivity index (χ0) is 14.1. The summed E-state index contributed by atoms with van der Waals surface area (Å²) in [5.74, 6) is 3.26. The van der Waals surface area contributed by atoms with E-state index in [0.29, 0.717) is 6.04 Å². The Bertz CT molecular complexity index is 354. The van der Waals surface area contributed by atoms with Crippen molar-refractivity contribution in [1.82, 2.24) is 9.55 Å². The second-order valence-electron chi connectivity index (χ2n) is 4.65. The normalized spacial score (nSPS) is 12.6. The first-order valence-electron chi connectivity index (χ1n) is 7.13. The Morgan fingerprint density at radius 3 is 2.95 bits per heavy atom. The Morgan fingerprint density at radius 1 is 1.47 bits per heavy atom. The fraction of sp³-hybridized carbons (Fsp3) is 0.786. The Labute approximate surface area is 121 Å². The van der Waals surface area contributed by atoms with Gasteiger partial charge in [-0.2, -0.15) is 11.8 Å². The van der Waals surface area contributed by atoms with Gasteiger partial charge in [0.1, 0.15) is 0 Å². The number of rotatable bonds is 10. The van der Waals surface area contributed by atoms with Gasteiger partial charge in [-0.05, 0) is 32.9 Å². The van der Waals surface area contributed by atoms with Crippen LogP contribution in [0.1, 0.15) is 32.9 Å². The average molecular weight is 285 g/mol. The summed E-state index contributed by atoms with van der Waals surface area (Å²) in [6.07, 6.45) is 3.13. The van der Waals surface area contributed by atoms with Crippen LogP contribution in [0.5, 0.6) is 0 Å². The van der Waals surface area contributed by atoms with E-state index >= 15 is 0 Å². The van der Waals surface area contributed by atoms with Crippen LogP contribution in [0.25, 0.3) is 0 Å². The second-order valence-corrected chi connectivity index (χ2v) is 5.97. The number of aromatic nitrogens is 2. The lowest BCUT2D eigenvalue weighted by atomic mass is 10.4. The van der Waals surface area contributed by atoms with Crippen LogP contribution < -0.4 is 5.32 Å². The van der Waals surface area contributed by atoms with Gasteiger partial charge in [0, 0.05) is 37.8 Å². The number of aryl methyl sites for hydroxylation is 2. The predicted octanol–water partition coefficient (Wildman–Crippen LogP) is 3.17. The molecule has 0 aliphatic heterocycles. The van der Waals surface area contributed by atoms with E-state index < -0.39 is 0 Å². The summed E-state index contributed by atoms with van der Waals surface area (Å²) in [7, 11) is 0. The van der Waals surface area contributed by atoms with Gasteiger partial charge < -0.3 is 14.6 Å². The molecule has 1 aromatic heterocycles. The minimum absolute atomic E-state index is 0.442. The topological polar surface area (TPSA) is 39.1 Å². The molecule has 0 aliphatic carbocycles. The molecule has 0 bridgehead atoms. The van der Waals surface area contributed by atoms with E-state index in [9.17, 15) is 0 Å². The Hall–Kier alpha value is -0.680. The van der Waals surface area contributed by atoms with Gasteiger partial charge in [-0.3, -0.25) is 0 Å². The predicted molar refractivity (Wildman–Crippen MR) is 84.2 cm³/mol. The molecule has 0 aliphatic rings. The van der Waals surface area contributed by atoms with Crippen molar-refractivity contribution in [3.63, 3.8) is 0 Å². The largest absolute Gasteiger partial charge is 0.382 e. The van der Waals surface area contributed by atoms with Gasteiger partial charge in [0.25, 0.3) is 0 Å². The molecular weight excluding hydrogens is 258 g/mol. The summed E-state index contributed by atoms with van der Waals surface area (Å²) in [5, 5.41) is 3.50. The van der Waals surface area contributed by atoms with Gasteiger partial charge in [0.2, 0.25) is 5.95 Å². The van der Waals surface area contributed by atoms with Crippen LogP contribution in [-0.4, -0.2) is 40.3 Å². The van der Waals surface area contributed by atoms with Crippen molar-refractivity contribution in [3.05, 3.63) is 11.9 Å². The molecule has 0 radical (unpaired) electrons. The molecule has 19 heavy (non-hydrogen) atoms. The zero-order valence-electron chi connectivity index (χ0n) is 12.6. The quantitative estimate of drug-likeness (QED) is 0.670. The smallest absolute Gasteiger partial charge is 0.203 e. The number of hydrogen-bond donors (Lipinski definition) is 1. The van der Waals surface area contributed by atoms with E-state index in [1.165, 1.54) is 0 Å². The molecule has 1 heterocycles. The van der Waals surface area contributed by atoms with Crippen molar-refractivity contribution in [2.75, 3.05) is 30.0 Å². The first-order chi connectivity index (χ1) is 9.17. The summed E-state index contributed by atoms with van der Waals surface area (Å²) >= 11 is 1.95. The van der Waals surface area contributed by atoms with Gasteiger partial charge in [0.05, 0.1) is 5.69 Å². The number of thioether (sulfide) groups is 1. The number of hydrogen-bond acceptors (Lipinski definition) is 4. The van der Waals surface area contributed by atoms with Crippen LogP contribution in [0.15, 0.2) is 6.20 Å². The van der Waals surface area contributed by atoms with Crippen LogP contribution in [0, 0.1) is 6.92 Å². The third kappa shape index (κ3) is 6.34.